The number of nitrogens with one attached hydrogen (secondary N) is 4. The largest absolute Gasteiger partial charge is 0.379 e. The topological polar surface area (TPSA) is 129 Å². The molecule has 0 radical (unpaired) electrons. The van der Waals surface area contributed by atoms with Crippen molar-refractivity contribution in [2.24, 2.45) is 0 Å². The van der Waals surface area contributed by atoms with Crippen LogP contribution in [0, 0.1) is 5.82 Å². The van der Waals surface area contributed by atoms with Crippen LogP contribution >= 0.6 is 0 Å². The van der Waals surface area contributed by atoms with E-state index in [1.807, 2.05) is 11.0 Å². The van der Waals surface area contributed by atoms with Crippen molar-refractivity contribution < 1.29 is 14.0 Å². The number of aromatic nitrogens is 4. The molecule has 3 aromatic rings. The van der Waals surface area contributed by atoms with Crippen molar-refractivity contribution in [2.45, 2.75) is 102 Å². The fourth-order valence-electron chi connectivity index (χ4n) is 6.07. The molecule has 0 aromatic carbocycles. The van der Waals surface area contributed by atoms with Crippen LogP contribution in [0.25, 0.3) is 5.65 Å². The number of halogens is 1. The van der Waals surface area contributed by atoms with E-state index in [1.54, 1.807) is 0 Å². The van der Waals surface area contributed by atoms with Crippen molar-refractivity contribution in [3.8, 4) is 0 Å². The maximum absolute atomic E-state index is 14.1. The molecule has 3 amide bonds. The van der Waals surface area contributed by atoms with Crippen LogP contribution in [0.5, 0.6) is 0 Å². The lowest BCUT2D eigenvalue weighted by molar-refractivity contribution is 0.101. The first-order chi connectivity index (χ1) is 19.9. The number of nitrogens with zero attached hydrogens (tertiary/aromatic N) is 5. The van der Waals surface area contributed by atoms with Crippen LogP contribution < -0.4 is 21.3 Å². The highest BCUT2D eigenvalue weighted by Gasteiger charge is 2.31. The molecular formula is C29H38FN9O2. The molecule has 2 aliphatic carbocycles. The summed E-state index contributed by atoms with van der Waals surface area (Å²) in [4.78, 5) is 36.3. The molecule has 0 bridgehead atoms. The minimum absolute atomic E-state index is 0.0404. The smallest absolute Gasteiger partial charge is 0.318 e. The number of hydrogen-bond acceptors (Lipinski definition) is 7. The Labute approximate surface area is 238 Å². The molecular weight excluding hydrogens is 525 g/mol. The number of rotatable bonds is 7. The highest BCUT2D eigenvalue weighted by molar-refractivity contribution is 6.03. The monoisotopic (exact) mass is 563 g/mol. The summed E-state index contributed by atoms with van der Waals surface area (Å²) in [5.74, 6) is -0.503. The number of likely N-dealkylation sites (tertiary alicyclic amines) is 1. The second-order valence-corrected chi connectivity index (χ2v) is 11.7. The quantitative estimate of drug-likeness (QED) is 0.326. The Morgan fingerprint density at radius 3 is 2.29 bits per heavy atom. The van der Waals surface area contributed by atoms with E-state index in [-0.39, 0.29) is 41.6 Å². The molecule has 4 N–H and O–H groups in total. The zero-order chi connectivity index (χ0) is 28.5. The van der Waals surface area contributed by atoms with Gasteiger partial charge >= 0.3 is 6.03 Å². The van der Waals surface area contributed by atoms with E-state index >= 15 is 0 Å². The van der Waals surface area contributed by atoms with Gasteiger partial charge in [-0.3, -0.25) is 9.78 Å². The van der Waals surface area contributed by atoms with Crippen molar-refractivity contribution in [1.82, 2.24) is 29.8 Å². The van der Waals surface area contributed by atoms with Crippen LogP contribution in [0.3, 0.4) is 0 Å². The zero-order valence-corrected chi connectivity index (χ0v) is 23.6. The van der Waals surface area contributed by atoms with Crippen molar-refractivity contribution in [1.29, 1.82) is 0 Å². The van der Waals surface area contributed by atoms with Gasteiger partial charge in [0.25, 0.3) is 5.91 Å². The molecule has 4 heterocycles. The Balaban J connectivity index is 1.14. The molecule has 1 aliphatic heterocycles. The highest BCUT2D eigenvalue weighted by atomic mass is 19.1. The summed E-state index contributed by atoms with van der Waals surface area (Å²) in [6.07, 6.45) is 12.9. The van der Waals surface area contributed by atoms with Gasteiger partial charge in [-0.25, -0.2) is 18.7 Å². The average Bonchev–Trinajstić information content (AvgIpc) is 3.66. The van der Waals surface area contributed by atoms with Crippen LogP contribution in [0.2, 0.25) is 0 Å². The molecule has 2 atom stereocenters. The van der Waals surface area contributed by atoms with E-state index in [1.165, 1.54) is 29.4 Å². The normalized spacial score (nSPS) is 24.6. The molecule has 2 saturated carbocycles. The number of fused-ring (bicyclic) bond motifs is 1. The Hall–Kier alpha value is -3.96. The van der Waals surface area contributed by atoms with Gasteiger partial charge in [-0.05, 0) is 77.7 Å². The summed E-state index contributed by atoms with van der Waals surface area (Å²) in [6, 6.07) is 4.66. The summed E-state index contributed by atoms with van der Waals surface area (Å²) in [6.45, 7) is 4.28. The molecule has 3 aromatic heterocycles. The van der Waals surface area contributed by atoms with E-state index in [0.717, 1.165) is 63.3 Å². The van der Waals surface area contributed by atoms with Crippen LogP contribution in [0.4, 0.5) is 26.4 Å². The average molecular weight is 564 g/mol. The number of piperidine rings is 1. The van der Waals surface area contributed by atoms with E-state index < -0.39 is 11.7 Å². The maximum atomic E-state index is 14.1. The fraction of sp³-hybridized carbons (Fsp3) is 0.552. The summed E-state index contributed by atoms with van der Waals surface area (Å²) in [7, 11) is 0. The first kappa shape index (κ1) is 27.2. The summed E-state index contributed by atoms with van der Waals surface area (Å²) in [5.41, 5.74) is 1.57. The van der Waals surface area contributed by atoms with E-state index in [4.69, 9.17) is 5.10 Å². The minimum atomic E-state index is -0.618. The molecule has 1 saturated heterocycles. The third-order valence-electron chi connectivity index (χ3n) is 8.49. The van der Waals surface area contributed by atoms with Crippen molar-refractivity contribution in [3.63, 3.8) is 0 Å². The lowest BCUT2D eigenvalue weighted by Crippen LogP contribution is -2.54. The number of pyridine rings is 1. The second kappa shape index (κ2) is 11.5. The van der Waals surface area contributed by atoms with Crippen molar-refractivity contribution in [2.75, 3.05) is 16.0 Å². The summed E-state index contributed by atoms with van der Waals surface area (Å²) >= 11 is 0. The zero-order valence-electron chi connectivity index (χ0n) is 23.6. The fourth-order valence-corrected chi connectivity index (χ4v) is 6.07. The second-order valence-electron chi connectivity index (χ2n) is 11.7. The van der Waals surface area contributed by atoms with Gasteiger partial charge in [0.05, 0.1) is 23.8 Å². The third-order valence-corrected chi connectivity index (χ3v) is 8.49. The Bertz CT molecular complexity index is 1410. The van der Waals surface area contributed by atoms with E-state index in [0.29, 0.717) is 17.5 Å². The lowest BCUT2D eigenvalue weighted by Gasteiger charge is -2.40. The van der Waals surface area contributed by atoms with Gasteiger partial charge < -0.3 is 26.2 Å². The van der Waals surface area contributed by atoms with Crippen LogP contribution in [-0.2, 0) is 0 Å². The van der Waals surface area contributed by atoms with Crippen LogP contribution in [0.1, 0.15) is 82.1 Å². The molecule has 6 rings (SSSR count). The van der Waals surface area contributed by atoms with Gasteiger partial charge in [0.15, 0.2) is 17.2 Å². The maximum Gasteiger partial charge on any atom is 0.318 e. The molecule has 12 heteroatoms. The molecule has 41 heavy (non-hydrogen) atoms. The van der Waals surface area contributed by atoms with Crippen LogP contribution in [-0.4, -0.2) is 66.6 Å². The minimum Gasteiger partial charge on any atom is -0.379 e. The van der Waals surface area contributed by atoms with Gasteiger partial charge in [0.1, 0.15) is 5.82 Å². The number of urea groups is 1. The van der Waals surface area contributed by atoms with Gasteiger partial charge in [0.2, 0.25) is 0 Å². The van der Waals surface area contributed by atoms with E-state index in [2.05, 4.69) is 45.1 Å². The molecule has 11 nitrogen and oxygen atoms in total. The number of hydrogen-bond donors (Lipinski definition) is 4. The van der Waals surface area contributed by atoms with Gasteiger partial charge in [0, 0.05) is 42.5 Å². The third kappa shape index (κ3) is 6.06. The Kier molecular flexibility index (Phi) is 7.63. The number of amides is 3. The van der Waals surface area contributed by atoms with Gasteiger partial charge in [-0.2, -0.15) is 0 Å². The van der Waals surface area contributed by atoms with Crippen molar-refractivity contribution in [3.05, 3.63) is 42.2 Å². The molecule has 218 valence electrons. The summed E-state index contributed by atoms with van der Waals surface area (Å²) < 4.78 is 15.6. The standard InChI is InChI=1S/C29H38FN9O2/c1-17-4-3-5-18(2)38(17)29(41)35-21-10-8-20(9-11-21)34-26-14-24(33-19-6-7-19)27-32-16-25(39(27)37-26)28(40)36-23-12-13-31-15-22(23)30/h12-21,33H,3-11H2,1-2H3,(H,34,37)(H,35,41)(H,31,36,40)/t17-,18+,20?,21?. The van der Waals surface area contributed by atoms with Crippen molar-refractivity contribution >= 4 is 34.8 Å². The predicted molar refractivity (Wildman–Crippen MR) is 155 cm³/mol. The highest BCUT2D eigenvalue weighted by Crippen LogP contribution is 2.30. The van der Waals surface area contributed by atoms with Crippen LogP contribution in [0.15, 0.2) is 30.7 Å². The van der Waals surface area contributed by atoms with Gasteiger partial charge in [-0.15, -0.1) is 5.10 Å². The predicted octanol–water partition coefficient (Wildman–Crippen LogP) is 4.79. The summed E-state index contributed by atoms with van der Waals surface area (Å²) in [5, 5.41) is 17.6. The molecule has 3 fully saturated rings. The molecule has 0 spiro atoms. The number of carbonyl (C=O) groups is 2. The number of carbonyl (C=O) groups excluding carboxylic acids is 2. The number of imidazole rings is 1. The first-order valence-corrected chi connectivity index (χ1v) is 14.8. The number of anilines is 3. The Morgan fingerprint density at radius 2 is 1.59 bits per heavy atom. The first-order valence-electron chi connectivity index (χ1n) is 14.8. The lowest BCUT2D eigenvalue weighted by atomic mass is 9.91. The van der Waals surface area contributed by atoms with Gasteiger partial charge in [-0.1, -0.05) is 0 Å². The molecule has 0 unspecified atom stereocenters. The Morgan fingerprint density at radius 1 is 0.902 bits per heavy atom. The SMILES string of the molecule is C[C@@H]1CCC[C@H](C)N1C(=O)NC1CCC(Nc2cc(NC3CC3)c3ncc(C(=O)Nc4ccncc4F)n3n2)CC1. The van der Waals surface area contributed by atoms with E-state index in [9.17, 15) is 14.0 Å². The molecule has 3 aliphatic rings.